The van der Waals surface area contributed by atoms with Crippen LogP contribution in [0.4, 0.5) is 0 Å². The number of fused-ring (bicyclic) bond motifs is 3. The van der Waals surface area contributed by atoms with Crippen LogP contribution in [0.1, 0.15) is 39.5 Å². The van der Waals surface area contributed by atoms with E-state index >= 15 is 0 Å². The Kier molecular flexibility index (Phi) is 6.54. The predicted octanol–water partition coefficient (Wildman–Crippen LogP) is 3.36. The fourth-order valence-electron chi connectivity index (χ4n) is 4.14. The highest BCUT2D eigenvalue weighted by Gasteiger charge is 2.21. The molecule has 0 heterocycles. The van der Waals surface area contributed by atoms with Crippen molar-refractivity contribution in [2.24, 2.45) is 0 Å². The van der Waals surface area contributed by atoms with E-state index in [-0.39, 0.29) is 5.91 Å². The van der Waals surface area contributed by atoms with Gasteiger partial charge in [0.15, 0.2) is 0 Å². The summed E-state index contributed by atoms with van der Waals surface area (Å²) in [5.41, 5.74) is 7.45. The first-order chi connectivity index (χ1) is 15.9. The molecule has 6 heteroatoms. The fraction of sp³-hybridized carbons (Fsp3) is 0.222. The summed E-state index contributed by atoms with van der Waals surface area (Å²) in [6.45, 7) is 1.91. The molecule has 0 bridgehead atoms. The summed E-state index contributed by atoms with van der Waals surface area (Å²) >= 11 is 0. The summed E-state index contributed by atoms with van der Waals surface area (Å²) in [6, 6.07) is 20.5. The lowest BCUT2D eigenvalue weighted by molar-refractivity contribution is -0.138. The average molecular weight is 443 g/mol. The number of hydrogen-bond donors (Lipinski definition) is 3. The van der Waals surface area contributed by atoms with Crippen molar-refractivity contribution in [1.29, 1.82) is 0 Å². The van der Waals surface area contributed by atoms with Gasteiger partial charge in [-0.25, -0.2) is 0 Å². The van der Waals surface area contributed by atoms with Crippen molar-refractivity contribution in [1.82, 2.24) is 10.6 Å². The Balaban J connectivity index is 1.29. The second-order valence-electron chi connectivity index (χ2n) is 8.28. The van der Waals surface area contributed by atoms with Gasteiger partial charge in [0.25, 0.3) is 5.91 Å². The SMILES string of the molecule is C[C@H](NC(=O)c1ccc(CCNC(=O)Cc2cccc3c2Cc2ccccc2-3)cc1)C(=O)O. The lowest BCUT2D eigenvalue weighted by atomic mass is 9.99. The van der Waals surface area contributed by atoms with E-state index in [0.717, 1.165) is 17.5 Å². The van der Waals surface area contributed by atoms with Gasteiger partial charge in [0.05, 0.1) is 6.42 Å². The molecule has 4 rings (SSSR count). The van der Waals surface area contributed by atoms with Crippen molar-refractivity contribution in [2.45, 2.75) is 32.2 Å². The lowest BCUT2D eigenvalue weighted by Crippen LogP contribution is -2.38. The molecule has 1 aliphatic carbocycles. The minimum absolute atomic E-state index is 0.0157. The molecule has 2 amide bonds. The summed E-state index contributed by atoms with van der Waals surface area (Å²) in [5.74, 6) is -1.53. The maximum absolute atomic E-state index is 12.6. The molecule has 0 radical (unpaired) electrons. The Morgan fingerprint density at radius 2 is 1.67 bits per heavy atom. The molecule has 168 valence electrons. The second-order valence-corrected chi connectivity index (χ2v) is 8.28. The van der Waals surface area contributed by atoms with E-state index < -0.39 is 17.9 Å². The number of nitrogens with one attached hydrogen (secondary N) is 2. The molecular formula is C27H26N2O4. The average Bonchev–Trinajstić information content (AvgIpc) is 3.19. The van der Waals surface area contributed by atoms with E-state index in [4.69, 9.17) is 5.11 Å². The Morgan fingerprint density at radius 1 is 0.939 bits per heavy atom. The molecule has 3 aromatic carbocycles. The van der Waals surface area contributed by atoms with Crippen LogP contribution >= 0.6 is 0 Å². The first-order valence-electron chi connectivity index (χ1n) is 11.0. The fourth-order valence-corrected chi connectivity index (χ4v) is 4.14. The second kappa shape index (κ2) is 9.69. The molecule has 1 atom stereocenters. The zero-order valence-electron chi connectivity index (χ0n) is 18.4. The number of carboxylic acids is 1. The van der Waals surface area contributed by atoms with Crippen LogP contribution in [0.15, 0.2) is 66.7 Å². The Bertz CT molecular complexity index is 1200. The topological polar surface area (TPSA) is 95.5 Å². The van der Waals surface area contributed by atoms with E-state index in [0.29, 0.717) is 24.9 Å². The van der Waals surface area contributed by atoms with Gasteiger partial charge in [0.1, 0.15) is 6.04 Å². The van der Waals surface area contributed by atoms with E-state index in [1.165, 1.54) is 29.2 Å². The monoisotopic (exact) mass is 442 g/mol. The van der Waals surface area contributed by atoms with Crippen molar-refractivity contribution in [3.63, 3.8) is 0 Å². The molecule has 0 aliphatic heterocycles. The van der Waals surface area contributed by atoms with Crippen LogP contribution in [0.25, 0.3) is 11.1 Å². The summed E-state index contributed by atoms with van der Waals surface area (Å²) < 4.78 is 0. The number of carbonyl (C=O) groups excluding carboxylic acids is 2. The summed E-state index contributed by atoms with van der Waals surface area (Å²) in [7, 11) is 0. The third-order valence-electron chi connectivity index (χ3n) is 5.97. The van der Waals surface area contributed by atoms with Crippen LogP contribution in [0.2, 0.25) is 0 Å². The summed E-state index contributed by atoms with van der Waals surface area (Å²) in [6.07, 6.45) is 1.84. The van der Waals surface area contributed by atoms with Crippen LogP contribution in [0.5, 0.6) is 0 Å². The van der Waals surface area contributed by atoms with Gasteiger partial charge in [-0.2, -0.15) is 0 Å². The van der Waals surface area contributed by atoms with Crippen LogP contribution in [-0.4, -0.2) is 35.5 Å². The van der Waals surface area contributed by atoms with Crippen LogP contribution in [0, 0.1) is 0 Å². The normalized spacial score (nSPS) is 12.4. The van der Waals surface area contributed by atoms with Gasteiger partial charge in [0, 0.05) is 12.1 Å². The Morgan fingerprint density at radius 3 is 2.42 bits per heavy atom. The third-order valence-corrected chi connectivity index (χ3v) is 5.97. The number of hydrogen-bond acceptors (Lipinski definition) is 3. The number of rotatable bonds is 8. The predicted molar refractivity (Wildman–Crippen MR) is 126 cm³/mol. The van der Waals surface area contributed by atoms with Crippen LogP contribution < -0.4 is 10.6 Å². The van der Waals surface area contributed by atoms with Gasteiger partial charge in [-0.1, -0.05) is 54.6 Å². The number of carbonyl (C=O) groups is 3. The van der Waals surface area contributed by atoms with E-state index in [2.05, 4.69) is 28.8 Å². The maximum atomic E-state index is 12.6. The number of amides is 2. The molecule has 0 saturated carbocycles. The maximum Gasteiger partial charge on any atom is 0.325 e. The van der Waals surface area contributed by atoms with Gasteiger partial charge in [-0.3, -0.25) is 14.4 Å². The minimum Gasteiger partial charge on any atom is -0.480 e. The number of carboxylic acid groups (broad SMARTS) is 1. The summed E-state index contributed by atoms with van der Waals surface area (Å²) in [4.78, 5) is 35.5. The van der Waals surface area contributed by atoms with E-state index in [1.54, 1.807) is 12.1 Å². The highest BCUT2D eigenvalue weighted by molar-refractivity contribution is 5.96. The molecule has 1 aliphatic rings. The van der Waals surface area contributed by atoms with Crippen molar-refractivity contribution >= 4 is 17.8 Å². The molecule has 0 spiro atoms. The van der Waals surface area contributed by atoms with Crippen molar-refractivity contribution in [2.75, 3.05) is 6.54 Å². The Labute approximate surface area is 192 Å². The quantitative estimate of drug-likeness (QED) is 0.390. The van der Waals surface area contributed by atoms with Crippen molar-refractivity contribution in [3.05, 3.63) is 94.5 Å². The highest BCUT2D eigenvalue weighted by Crippen LogP contribution is 2.38. The zero-order chi connectivity index (χ0) is 23.4. The number of aliphatic carboxylic acids is 1. The van der Waals surface area contributed by atoms with Crippen LogP contribution in [0.3, 0.4) is 0 Å². The smallest absolute Gasteiger partial charge is 0.325 e. The summed E-state index contributed by atoms with van der Waals surface area (Å²) in [5, 5.41) is 14.3. The lowest BCUT2D eigenvalue weighted by Gasteiger charge is -2.11. The first kappa shape index (κ1) is 22.3. The molecule has 3 aromatic rings. The third kappa shape index (κ3) is 5.12. The molecule has 0 fully saturated rings. The van der Waals surface area contributed by atoms with Crippen LogP contribution in [-0.2, 0) is 28.9 Å². The highest BCUT2D eigenvalue weighted by atomic mass is 16.4. The van der Waals surface area contributed by atoms with Gasteiger partial charge in [0.2, 0.25) is 5.91 Å². The molecular weight excluding hydrogens is 416 g/mol. The van der Waals surface area contributed by atoms with Crippen molar-refractivity contribution in [3.8, 4) is 11.1 Å². The van der Waals surface area contributed by atoms with Crippen molar-refractivity contribution < 1.29 is 19.5 Å². The largest absolute Gasteiger partial charge is 0.480 e. The van der Waals surface area contributed by atoms with Gasteiger partial charge in [-0.15, -0.1) is 0 Å². The molecule has 6 nitrogen and oxygen atoms in total. The molecule has 33 heavy (non-hydrogen) atoms. The Hall–Kier alpha value is -3.93. The molecule has 0 aromatic heterocycles. The van der Waals surface area contributed by atoms with Gasteiger partial charge in [-0.05, 0) is 65.3 Å². The first-order valence-corrected chi connectivity index (χ1v) is 11.0. The minimum atomic E-state index is -1.08. The molecule has 0 saturated heterocycles. The van der Waals surface area contributed by atoms with E-state index in [1.807, 2.05) is 36.4 Å². The standard InChI is InChI=1S/C27H26N2O4/c1-17(27(32)33)29-26(31)19-11-9-18(10-12-19)13-14-28-25(30)16-21-6-4-8-23-22-7-3-2-5-20(22)15-24(21)23/h2-12,17H,13-16H2,1H3,(H,28,30)(H,29,31)(H,32,33)/t17-/m0/s1. The van der Waals surface area contributed by atoms with Gasteiger partial charge < -0.3 is 15.7 Å². The van der Waals surface area contributed by atoms with Gasteiger partial charge >= 0.3 is 5.97 Å². The molecule has 3 N–H and O–H groups in total. The number of benzene rings is 3. The van der Waals surface area contributed by atoms with E-state index in [9.17, 15) is 14.4 Å². The molecule has 0 unspecified atom stereocenters. The zero-order valence-corrected chi connectivity index (χ0v) is 18.4.